The number of carboxylic acids is 1. The number of hydrogen-bond acceptors (Lipinski definition) is 3. The van der Waals surface area contributed by atoms with Crippen LogP contribution in [0.15, 0.2) is 6.20 Å². The predicted octanol–water partition coefficient (Wildman–Crippen LogP) is 1.36. The first kappa shape index (κ1) is 15.2. The van der Waals surface area contributed by atoms with Gasteiger partial charge in [0.25, 0.3) is 5.91 Å². The number of amides is 1. The first-order valence-corrected chi connectivity index (χ1v) is 6.48. The molecule has 0 saturated carbocycles. The average molecular weight is 267 g/mol. The fourth-order valence-electron chi connectivity index (χ4n) is 2.05. The van der Waals surface area contributed by atoms with Crippen LogP contribution in [-0.2, 0) is 18.3 Å². The van der Waals surface area contributed by atoms with Crippen LogP contribution >= 0.6 is 0 Å². The van der Waals surface area contributed by atoms with E-state index in [0.717, 1.165) is 0 Å². The van der Waals surface area contributed by atoms with Gasteiger partial charge in [0.1, 0.15) is 5.54 Å². The molecule has 106 valence electrons. The molecule has 0 unspecified atom stereocenters. The molecular weight excluding hydrogens is 246 g/mol. The summed E-state index contributed by atoms with van der Waals surface area (Å²) in [6, 6.07) is 0. The second-order valence-electron chi connectivity index (χ2n) is 4.57. The molecule has 0 aliphatic rings. The maximum Gasteiger partial charge on any atom is 0.329 e. The van der Waals surface area contributed by atoms with Gasteiger partial charge in [-0.05, 0) is 19.3 Å². The van der Waals surface area contributed by atoms with E-state index in [2.05, 4.69) is 10.4 Å². The molecule has 19 heavy (non-hydrogen) atoms. The van der Waals surface area contributed by atoms with E-state index in [1.54, 1.807) is 31.8 Å². The van der Waals surface area contributed by atoms with Crippen LogP contribution in [0, 0.1) is 0 Å². The van der Waals surface area contributed by atoms with Crippen LogP contribution in [0.5, 0.6) is 0 Å². The van der Waals surface area contributed by atoms with Crippen molar-refractivity contribution in [3.63, 3.8) is 0 Å². The molecule has 0 fully saturated rings. The molecule has 0 saturated heterocycles. The van der Waals surface area contributed by atoms with Gasteiger partial charge >= 0.3 is 5.97 Å². The molecular formula is C13H21N3O3. The Balaban J connectivity index is 3.03. The maximum atomic E-state index is 12.2. The van der Waals surface area contributed by atoms with Crippen molar-refractivity contribution in [2.75, 3.05) is 0 Å². The minimum atomic E-state index is -1.21. The Kier molecular flexibility index (Phi) is 4.69. The average Bonchev–Trinajstić information content (AvgIpc) is 2.76. The van der Waals surface area contributed by atoms with Crippen LogP contribution in [-0.4, -0.2) is 32.3 Å². The quantitative estimate of drug-likeness (QED) is 0.815. The second kappa shape index (κ2) is 5.86. The third-order valence-corrected chi connectivity index (χ3v) is 3.45. The molecule has 0 aliphatic carbocycles. The zero-order valence-electron chi connectivity index (χ0n) is 11.9. The standard InChI is InChI=1S/C13H21N3O3/c1-5-10-9(8-16(4)15-10)11(17)14-13(6-2,7-3)12(18)19/h8H,5-7H2,1-4H3,(H,14,17)(H,18,19). The molecule has 0 aliphatic heterocycles. The molecule has 6 nitrogen and oxygen atoms in total. The summed E-state index contributed by atoms with van der Waals surface area (Å²) in [5.74, 6) is -1.39. The van der Waals surface area contributed by atoms with Crippen molar-refractivity contribution in [1.29, 1.82) is 0 Å². The van der Waals surface area contributed by atoms with Gasteiger partial charge < -0.3 is 10.4 Å². The van der Waals surface area contributed by atoms with Crippen molar-refractivity contribution in [2.45, 2.75) is 45.6 Å². The summed E-state index contributed by atoms with van der Waals surface area (Å²) in [6.45, 7) is 5.41. The number of aryl methyl sites for hydroxylation is 2. The smallest absolute Gasteiger partial charge is 0.329 e. The molecule has 1 heterocycles. The van der Waals surface area contributed by atoms with Crippen LogP contribution in [0.4, 0.5) is 0 Å². The molecule has 1 aromatic rings. The molecule has 1 rings (SSSR count). The van der Waals surface area contributed by atoms with Gasteiger partial charge in [-0.3, -0.25) is 9.48 Å². The van der Waals surface area contributed by atoms with E-state index in [1.165, 1.54) is 0 Å². The third-order valence-electron chi connectivity index (χ3n) is 3.45. The van der Waals surface area contributed by atoms with E-state index < -0.39 is 11.5 Å². The Labute approximate surface area is 112 Å². The molecule has 0 aromatic carbocycles. The number of nitrogens with one attached hydrogen (secondary N) is 1. The summed E-state index contributed by atoms with van der Waals surface area (Å²) >= 11 is 0. The molecule has 6 heteroatoms. The van der Waals surface area contributed by atoms with E-state index in [1.807, 2.05) is 6.92 Å². The van der Waals surface area contributed by atoms with Gasteiger partial charge in [0.05, 0.1) is 11.3 Å². The number of nitrogens with zero attached hydrogens (tertiary/aromatic N) is 2. The van der Waals surface area contributed by atoms with E-state index in [9.17, 15) is 14.7 Å². The Morgan fingerprint density at radius 2 is 1.95 bits per heavy atom. The van der Waals surface area contributed by atoms with Gasteiger partial charge in [0.15, 0.2) is 0 Å². The first-order chi connectivity index (χ1) is 8.90. The fraction of sp³-hybridized carbons (Fsp3) is 0.615. The van der Waals surface area contributed by atoms with Gasteiger partial charge in [-0.1, -0.05) is 20.8 Å². The van der Waals surface area contributed by atoms with Gasteiger partial charge in [0.2, 0.25) is 0 Å². The van der Waals surface area contributed by atoms with Crippen molar-refractivity contribution in [2.24, 2.45) is 7.05 Å². The number of carboxylic acid groups (broad SMARTS) is 1. The summed E-state index contributed by atoms with van der Waals surface area (Å²) in [4.78, 5) is 23.6. The minimum absolute atomic E-state index is 0.340. The van der Waals surface area contributed by atoms with Crippen LogP contribution in [0.3, 0.4) is 0 Å². The van der Waals surface area contributed by atoms with Gasteiger partial charge in [-0.2, -0.15) is 5.10 Å². The number of aromatic nitrogens is 2. The Bertz CT molecular complexity index is 475. The summed E-state index contributed by atoms with van der Waals surface area (Å²) in [6.07, 6.45) is 2.92. The highest BCUT2D eigenvalue weighted by Crippen LogP contribution is 2.17. The lowest BCUT2D eigenvalue weighted by molar-refractivity contribution is -0.144. The number of aliphatic carboxylic acids is 1. The fourth-order valence-corrected chi connectivity index (χ4v) is 2.05. The van der Waals surface area contributed by atoms with Crippen LogP contribution < -0.4 is 5.32 Å². The van der Waals surface area contributed by atoms with Crippen molar-refractivity contribution in [3.05, 3.63) is 17.5 Å². The molecule has 0 spiro atoms. The van der Waals surface area contributed by atoms with Crippen LogP contribution in [0.2, 0.25) is 0 Å². The summed E-state index contributed by atoms with van der Waals surface area (Å²) < 4.78 is 1.56. The lowest BCUT2D eigenvalue weighted by Crippen LogP contribution is -2.53. The molecule has 0 bridgehead atoms. The largest absolute Gasteiger partial charge is 0.480 e. The van der Waals surface area contributed by atoms with Gasteiger partial charge in [-0.25, -0.2) is 4.79 Å². The van der Waals surface area contributed by atoms with Crippen molar-refractivity contribution >= 4 is 11.9 Å². The van der Waals surface area contributed by atoms with Crippen LogP contribution in [0.1, 0.15) is 49.7 Å². The van der Waals surface area contributed by atoms with Crippen molar-refractivity contribution in [3.8, 4) is 0 Å². The monoisotopic (exact) mass is 267 g/mol. The van der Waals surface area contributed by atoms with E-state index in [0.29, 0.717) is 30.5 Å². The number of carbonyl (C=O) groups is 2. The topological polar surface area (TPSA) is 84.2 Å². The van der Waals surface area contributed by atoms with Gasteiger partial charge in [-0.15, -0.1) is 0 Å². The summed E-state index contributed by atoms with van der Waals surface area (Å²) in [5.41, 5.74) is -0.0955. The summed E-state index contributed by atoms with van der Waals surface area (Å²) in [5, 5.41) is 16.1. The Hall–Kier alpha value is -1.85. The number of hydrogen-bond donors (Lipinski definition) is 2. The second-order valence-corrected chi connectivity index (χ2v) is 4.57. The van der Waals surface area contributed by atoms with Crippen LogP contribution in [0.25, 0.3) is 0 Å². The molecule has 2 N–H and O–H groups in total. The number of rotatable bonds is 6. The molecule has 1 amide bonds. The lowest BCUT2D eigenvalue weighted by atomic mass is 9.92. The summed E-state index contributed by atoms with van der Waals surface area (Å²) in [7, 11) is 1.74. The normalized spacial score (nSPS) is 11.4. The lowest BCUT2D eigenvalue weighted by Gasteiger charge is -2.27. The highest BCUT2D eigenvalue weighted by atomic mass is 16.4. The van der Waals surface area contributed by atoms with Gasteiger partial charge in [0, 0.05) is 13.2 Å². The zero-order valence-corrected chi connectivity index (χ0v) is 11.9. The molecule has 1 aromatic heterocycles. The Morgan fingerprint density at radius 3 is 2.37 bits per heavy atom. The first-order valence-electron chi connectivity index (χ1n) is 6.48. The van der Waals surface area contributed by atoms with E-state index in [-0.39, 0.29) is 5.91 Å². The predicted molar refractivity (Wildman–Crippen MR) is 71.0 cm³/mol. The molecule has 0 radical (unpaired) electrons. The highest BCUT2D eigenvalue weighted by molar-refractivity contribution is 5.98. The SMILES string of the molecule is CCc1nn(C)cc1C(=O)NC(CC)(CC)C(=O)O. The zero-order chi connectivity index (χ0) is 14.6. The third kappa shape index (κ3) is 2.94. The number of carbonyl (C=O) groups excluding carboxylic acids is 1. The Morgan fingerprint density at radius 1 is 1.37 bits per heavy atom. The minimum Gasteiger partial charge on any atom is -0.480 e. The maximum absolute atomic E-state index is 12.2. The van der Waals surface area contributed by atoms with Crippen molar-refractivity contribution < 1.29 is 14.7 Å². The van der Waals surface area contributed by atoms with E-state index in [4.69, 9.17) is 0 Å². The molecule has 0 atom stereocenters. The highest BCUT2D eigenvalue weighted by Gasteiger charge is 2.37. The van der Waals surface area contributed by atoms with Crippen molar-refractivity contribution in [1.82, 2.24) is 15.1 Å². The van der Waals surface area contributed by atoms with E-state index >= 15 is 0 Å².